The van der Waals surface area contributed by atoms with E-state index in [4.69, 9.17) is 10.8 Å². The zero-order valence-corrected chi connectivity index (χ0v) is 15.9. The van der Waals surface area contributed by atoms with Crippen molar-refractivity contribution < 1.29 is 19.8 Å². The first-order valence-corrected chi connectivity index (χ1v) is 9.21. The van der Waals surface area contributed by atoms with Crippen molar-refractivity contribution in [2.45, 2.75) is 13.0 Å². The molecule has 1 aromatic carbocycles. The van der Waals surface area contributed by atoms with E-state index < -0.39 is 5.97 Å². The molecule has 1 amide bonds. The van der Waals surface area contributed by atoms with Crippen LogP contribution in [0, 0.1) is 0 Å². The van der Waals surface area contributed by atoms with E-state index in [2.05, 4.69) is 15.3 Å². The van der Waals surface area contributed by atoms with Crippen molar-refractivity contribution in [1.29, 1.82) is 0 Å². The number of carbonyl (C=O) groups is 2. The zero-order valence-electron chi connectivity index (χ0n) is 15.0. The predicted molar refractivity (Wildman–Crippen MR) is 107 cm³/mol. The van der Waals surface area contributed by atoms with Gasteiger partial charge in [-0.05, 0) is 29.8 Å². The van der Waals surface area contributed by atoms with Crippen LogP contribution in [0.1, 0.15) is 21.7 Å². The van der Waals surface area contributed by atoms with Gasteiger partial charge in [0, 0.05) is 20.1 Å². The lowest BCUT2D eigenvalue weighted by atomic mass is 10.1. The minimum Gasteiger partial charge on any atom is -0.493 e. The average molecular weight is 401 g/mol. The van der Waals surface area contributed by atoms with Gasteiger partial charge in [-0.1, -0.05) is 6.07 Å². The molecule has 0 saturated carbocycles. The number of nitrogen functional groups attached to an aromatic ring is 1. The molecule has 0 aliphatic carbocycles. The predicted octanol–water partition coefficient (Wildman–Crippen LogP) is 1.82. The fourth-order valence-corrected chi connectivity index (χ4v) is 3.53. The summed E-state index contributed by atoms with van der Waals surface area (Å²) in [6, 6.07) is 8.99. The van der Waals surface area contributed by atoms with Gasteiger partial charge < -0.3 is 26.2 Å². The summed E-state index contributed by atoms with van der Waals surface area (Å²) in [7, 11) is 1.89. The first kappa shape index (κ1) is 19.4. The van der Waals surface area contributed by atoms with Gasteiger partial charge in [-0.2, -0.15) is 4.98 Å². The summed E-state index contributed by atoms with van der Waals surface area (Å²) in [4.78, 5) is 32.9. The quantitative estimate of drug-likeness (QED) is 0.470. The number of amides is 1. The van der Waals surface area contributed by atoms with Crippen LogP contribution < -0.4 is 16.0 Å². The molecular formula is C18H19N5O4S. The van der Waals surface area contributed by atoms with Crippen molar-refractivity contribution in [2.75, 3.05) is 24.2 Å². The summed E-state index contributed by atoms with van der Waals surface area (Å²) in [5.74, 6) is -1.40. The molecule has 0 atom stereocenters. The second kappa shape index (κ2) is 8.09. The highest BCUT2D eigenvalue weighted by Crippen LogP contribution is 2.28. The van der Waals surface area contributed by atoms with E-state index in [-0.39, 0.29) is 30.7 Å². The Morgan fingerprint density at radius 1 is 1.25 bits per heavy atom. The molecule has 0 unspecified atom stereocenters. The highest BCUT2D eigenvalue weighted by Gasteiger charge is 2.13. The smallest absolute Gasteiger partial charge is 0.305 e. The second-order valence-corrected chi connectivity index (χ2v) is 7.21. The topological polar surface area (TPSA) is 142 Å². The third-order valence-electron chi connectivity index (χ3n) is 3.99. The van der Waals surface area contributed by atoms with Gasteiger partial charge in [-0.3, -0.25) is 9.59 Å². The lowest BCUT2D eigenvalue weighted by Gasteiger charge is -2.17. The van der Waals surface area contributed by atoms with Crippen molar-refractivity contribution in [3.63, 3.8) is 0 Å². The standard InChI is InChI=1S/C18H19N5O4S/c1-23(14-5-4-13(28-14)17(27)20-7-6-15(24)25)9-10-2-3-12-11(8-10)16(26)22-18(19)21-12/h2-5,8H,6-7,9H2,1H3,(H,20,27)(H,24,25)(H3,19,21,22,26). The van der Waals surface area contributed by atoms with Crippen molar-refractivity contribution in [3.05, 3.63) is 40.8 Å². The molecule has 2 heterocycles. The number of rotatable bonds is 7. The first-order chi connectivity index (χ1) is 13.3. The highest BCUT2D eigenvalue weighted by atomic mass is 32.1. The Labute approximate surface area is 164 Å². The molecule has 0 saturated heterocycles. The lowest BCUT2D eigenvalue weighted by molar-refractivity contribution is -0.136. The largest absolute Gasteiger partial charge is 0.493 e. The average Bonchev–Trinajstić information content (AvgIpc) is 3.12. The van der Waals surface area contributed by atoms with Crippen molar-refractivity contribution >= 4 is 45.1 Å². The molecule has 0 spiro atoms. The van der Waals surface area contributed by atoms with Gasteiger partial charge >= 0.3 is 5.97 Å². The minimum absolute atomic E-state index is 0.0163. The Hall–Kier alpha value is -3.40. The number of carboxylic acid groups (broad SMARTS) is 1. The zero-order chi connectivity index (χ0) is 20.3. The van der Waals surface area contributed by atoms with Gasteiger partial charge in [-0.25, -0.2) is 4.98 Å². The van der Waals surface area contributed by atoms with Crippen LogP contribution in [0.15, 0.2) is 30.3 Å². The van der Waals surface area contributed by atoms with Crippen LogP contribution >= 0.6 is 11.3 Å². The van der Waals surface area contributed by atoms with Crippen LogP contribution in [0.5, 0.6) is 5.88 Å². The number of fused-ring (bicyclic) bond motifs is 1. The van der Waals surface area contributed by atoms with Crippen molar-refractivity contribution in [2.24, 2.45) is 0 Å². The number of hydrogen-bond acceptors (Lipinski definition) is 8. The Morgan fingerprint density at radius 2 is 2.04 bits per heavy atom. The maximum Gasteiger partial charge on any atom is 0.305 e. The van der Waals surface area contributed by atoms with Gasteiger partial charge in [0.05, 0.1) is 27.2 Å². The maximum atomic E-state index is 12.1. The normalized spacial score (nSPS) is 10.8. The number of carbonyl (C=O) groups excluding carboxylic acids is 1. The van der Waals surface area contributed by atoms with Crippen LogP contribution in [0.25, 0.3) is 10.9 Å². The van der Waals surface area contributed by atoms with Gasteiger partial charge in [0.2, 0.25) is 11.8 Å². The molecule has 3 aromatic rings. The molecule has 10 heteroatoms. The molecule has 2 aromatic heterocycles. The number of nitrogens with zero attached hydrogens (tertiary/aromatic N) is 3. The fraction of sp³-hybridized carbons (Fsp3) is 0.222. The van der Waals surface area contributed by atoms with E-state index in [0.29, 0.717) is 22.3 Å². The summed E-state index contributed by atoms with van der Waals surface area (Å²) in [5, 5.41) is 22.6. The van der Waals surface area contributed by atoms with Gasteiger partial charge in [0.25, 0.3) is 5.91 Å². The Bertz CT molecular complexity index is 1040. The van der Waals surface area contributed by atoms with E-state index in [1.54, 1.807) is 18.2 Å². The molecule has 0 radical (unpaired) electrons. The number of aromatic nitrogens is 2. The Balaban J connectivity index is 1.69. The minimum atomic E-state index is -0.957. The van der Waals surface area contributed by atoms with Crippen LogP contribution in [-0.2, 0) is 11.3 Å². The Morgan fingerprint density at radius 3 is 2.79 bits per heavy atom. The number of anilines is 2. The molecule has 9 nitrogen and oxygen atoms in total. The van der Waals surface area contributed by atoms with E-state index >= 15 is 0 Å². The molecule has 5 N–H and O–H groups in total. The number of nitrogens with two attached hydrogens (primary N) is 1. The summed E-state index contributed by atoms with van der Waals surface area (Å²) in [6.07, 6.45) is -0.117. The fourth-order valence-electron chi connectivity index (χ4n) is 2.65. The SMILES string of the molecule is CN(Cc1ccc2nc(N)nc(O)c2c1)c1ccc(C(=O)NCCC(=O)O)s1. The number of aliphatic carboxylic acids is 1. The van der Waals surface area contributed by atoms with Crippen LogP contribution in [0.3, 0.4) is 0 Å². The molecule has 0 aliphatic rings. The van der Waals surface area contributed by atoms with Crippen molar-refractivity contribution in [3.8, 4) is 5.88 Å². The number of nitrogens with one attached hydrogen (secondary N) is 1. The van der Waals surface area contributed by atoms with Crippen LogP contribution in [0.2, 0.25) is 0 Å². The summed E-state index contributed by atoms with van der Waals surface area (Å²) < 4.78 is 0. The number of aromatic hydroxyl groups is 1. The summed E-state index contributed by atoms with van der Waals surface area (Å²) >= 11 is 1.31. The number of benzene rings is 1. The highest BCUT2D eigenvalue weighted by molar-refractivity contribution is 7.17. The van der Waals surface area contributed by atoms with Gasteiger partial charge in [0.15, 0.2) is 0 Å². The number of carboxylic acids is 1. The van der Waals surface area contributed by atoms with E-state index in [9.17, 15) is 14.7 Å². The molecule has 0 bridgehead atoms. The second-order valence-electron chi connectivity index (χ2n) is 6.15. The third-order valence-corrected chi connectivity index (χ3v) is 5.19. The summed E-state index contributed by atoms with van der Waals surface area (Å²) in [6.45, 7) is 0.630. The maximum absolute atomic E-state index is 12.1. The van der Waals surface area contributed by atoms with Crippen molar-refractivity contribution in [1.82, 2.24) is 15.3 Å². The number of thiophene rings is 1. The Kier molecular flexibility index (Phi) is 5.59. The van der Waals surface area contributed by atoms with E-state index in [1.807, 2.05) is 24.1 Å². The molecular weight excluding hydrogens is 382 g/mol. The van der Waals surface area contributed by atoms with Crippen LogP contribution in [0.4, 0.5) is 10.9 Å². The molecule has 0 fully saturated rings. The molecule has 3 rings (SSSR count). The van der Waals surface area contributed by atoms with Gasteiger partial charge in [0.1, 0.15) is 0 Å². The lowest BCUT2D eigenvalue weighted by Crippen LogP contribution is -2.25. The molecule has 28 heavy (non-hydrogen) atoms. The molecule has 146 valence electrons. The monoisotopic (exact) mass is 401 g/mol. The summed E-state index contributed by atoms with van der Waals surface area (Å²) in [5.41, 5.74) is 7.03. The van der Waals surface area contributed by atoms with Gasteiger partial charge in [-0.15, -0.1) is 11.3 Å². The van der Waals surface area contributed by atoms with Crippen LogP contribution in [-0.4, -0.2) is 45.6 Å². The first-order valence-electron chi connectivity index (χ1n) is 8.39. The van der Waals surface area contributed by atoms with E-state index in [1.165, 1.54) is 11.3 Å². The third kappa shape index (κ3) is 4.46. The number of hydrogen-bond donors (Lipinski definition) is 4. The van der Waals surface area contributed by atoms with E-state index in [0.717, 1.165) is 10.6 Å². The molecule has 0 aliphatic heterocycles.